The van der Waals surface area contributed by atoms with Crippen LogP contribution < -0.4 is 5.69 Å². The van der Waals surface area contributed by atoms with Gasteiger partial charge < -0.3 is 4.74 Å². The van der Waals surface area contributed by atoms with Crippen LogP contribution in [0.15, 0.2) is 29.6 Å². The molecule has 6 heteroatoms. The van der Waals surface area contributed by atoms with Gasteiger partial charge in [-0.1, -0.05) is 24.8 Å². The quantitative estimate of drug-likeness (QED) is 0.844. The third-order valence-corrected chi connectivity index (χ3v) is 2.40. The number of aromatic amines is 1. The number of ether oxygens (including phenoxy) is 1. The number of tetrazole rings is 1. The number of hydrogen-bond donors (Lipinski definition) is 1. The lowest BCUT2D eigenvalue weighted by molar-refractivity contribution is 0.184. The van der Waals surface area contributed by atoms with E-state index in [1.807, 2.05) is 12.1 Å². The van der Waals surface area contributed by atoms with Gasteiger partial charge in [-0.3, -0.25) is 0 Å². The maximum atomic E-state index is 11.5. The van der Waals surface area contributed by atoms with Crippen molar-refractivity contribution in [1.82, 2.24) is 20.2 Å². The molecule has 0 aliphatic heterocycles. The minimum atomic E-state index is -0.386. The lowest BCUT2D eigenvalue weighted by Crippen LogP contribution is -2.18. The van der Waals surface area contributed by atoms with Gasteiger partial charge in [-0.15, -0.1) is 0 Å². The molecule has 6 nitrogen and oxygen atoms in total. The Morgan fingerprint density at radius 2 is 2.41 bits per heavy atom. The molecular formula is C11H12N4O2. The van der Waals surface area contributed by atoms with Crippen LogP contribution in [0.3, 0.4) is 0 Å². The number of aromatic nitrogens is 4. The van der Waals surface area contributed by atoms with Crippen molar-refractivity contribution in [2.24, 2.45) is 0 Å². The Balaban J connectivity index is 2.65. The highest BCUT2D eigenvalue weighted by atomic mass is 16.5. The molecule has 0 unspecified atom stereocenters. The molecule has 0 spiro atoms. The third kappa shape index (κ3) is 2.02. The summed E-state index contributed by atoms with van der Waals surface area (Å²) in [5.41, 5.74) is 2.01. The molecule has 1 aromatic heterocycles. The monoisotopic (exact) mass is 232 g/mol. The summed E-state index contributed by atoms with van der Waals surface area (Å²) in [4.78, 5) is 11.5. The number of rotatable bonds is 4. The van der Waals surface area contributed by atoms with E-state index in [2.05, 4.69) is 22.1 Å². The second kappa shape index (κ2) is 4.75. The number of H-pyrrole nitrogens is 1. The van der Waals surface area contributed by atoms with Crippen molar-refractivity contribution in [3.8, 4) is 5.69 Å². The minimum Gasteiger partial charge on any atom is -0.380 e. The molecule has 0 atom stereocenters. The maximum absolute atomic E-state index is 11.5. The first-order valence-corrected chi connectivity index (χ1v) is 5.02. The van der Waals surface area contributed by atoms with Crippen LogP contribution in [0.25, 0.3) is 11.8 Å². The predicted octanol–water partition coefficient (Wildman–Crippen LogP) is 0.745. The minimum absolute atomic E-state index is 0.372. The standard InChI is InChI=1S/C11H12N4O2/c1-3-8-5-4-6-10(9(8)7-17-2)15-11(16)12-13-14-15/h3-6H,1,7H2,2H3,(H,12,14,16). The van der Waals surface area contributed by atoms with E-state index >= 15 is 0 Å². The lowest BCUT2D eigenvalue weighted by Gasteiger charge is -2.10. The second-order valence-corrected chi connectivity index (χ2v) is 3.40. The van der Waals surface area contributed by atoms with Gasteiger partial charge in [-0.25, -0.2) is 9.89 Å². The summed E-state index contributed by atoms with van der Waals surface area (Å²) in [6.07, 6.45) is 1.71. The Labute approximate surface area is 97.5 Å². The van der Waals surface area contributed by atoms with Crippen LogP contribution in [0.1, 0.15) is 11.1 Å². The van der Waals surface area contributed by atoms with Crippen molar-refractivity contribution in [2.75, 3.05) is 7.11 Å². The van der Waals surface area contributed by atoms with Crippen LogP contribution >= 0.6 is 0 Å². The zero-order valence-electron chi connectivity index (χ0n) is 9.38. The molecule has 17 heavy (non-hydrogen) atoms. The van der Waals surface area contributed by atoms with Crippen LogP contribution in [0.4, 0.5) is 0 Å². The molecule has 2 aromatic rings. The van der Waals surface area contributed by atoms with Gasteiger partial charge in [0.05, 0.1) is 12.3 Å². The van der Waals surface area contributed by atoms with Crippen LogP contribution in [0.2, 0.25) is 0 Å². The number of benzene rings is 1. The summed E-state index contributed by atoms with van der Waals surface area (Å²) in [7, 11) is 1.59. The highest BCUT2D eigenvalue weighted by molar-refractivity contribution is 5.58. The fourth-order valence-corrected chi connectivity index (χ4v) is 1.64. The molecule has 88 valence electrons. The van der Waals surface area contributed by atoms with E-state index < -0.39 is 0 Å². The van der Waals surface area contributed by atoms with Crippen molar-refractivity contribution < 1.29 is 4.74 Å². The SMILES string of the molecule is C=Cc1cccc(-n2nn[nH]c2=O)c1COC. The van der Waals surface area contributed by atoms with Crippen molar-refractivity contribution in [2.45, 2.75) is 6.61 Å². The number of nitrogens with one attached hydrogen (secondary N) is 1. The van der Waals surface area contributed by atoms with E-state index in [0.717, 1.165) is 11.1 Å². The van der Waals surface area contributed by atoms with Gasteiger partial charge in [0.15, 0.2) is 0 Å². The predicted molar refractivity (Wildman–Crippen MR) is 62.8 cm³/mol. The Morgan fingerprint density at radius 3 is 3.00 bits per heavy atom. The number of methoxy groups -OCH3 is 1. The van der Waals surface area contributed by atoms with E-state index in [1.165, 1.54) is 4.68 Å². The molecule has 0 saturated heterocycles. The Morgan fingerprint density at radius 1 is 1.59 bits per heavy atom. The van der Waals surface area contributed by atoms with Gasteiger partial charge in [0, 0.05) is 12.7 Å². The average Bonchev–Trinajstić information content (AvgIpc) is 2.76. The van der Waals surface area contributed by atoms with Crippen molar-refractivity contribution >= 4 is 6.08 Å². The highest BCUT2D eigenvalue weighted by Gasteiger charge is 2.11. The summed E-state index contributed by atoms with van der Waals surface area (Å²) in [5.74, 6) is 0. The van der Waals surface area contributed by atoms with E-state index in [9.17, 15) is 4.79 Å². The normalized spacial score (nSPS) is 10.4. The fraction of sp³-hybridized carbons (Fsp3) is 0.182. The summed E-state index contributed by atoms with van der Waals surface area (Å²) in [6, 6.07) is 5.51. The molecule has 0 amide bonds. The van der Waals surface area contributed by atoms with Gasteiger partial charge in [0.1, 0.15) is 0 Å². The van der Waals surface area contributed by atoms with Gasteiger partial charge in [-0.2, -0.15) is 4.68 Å². The van der Waals surface area contributed by atoms with Crippen molar-refractivity contribution in [3.63, 3.8) is 0 Å². The Hall–Kier alpha value is -2.21. The molecule has 0 radical (unpaired) electrons. The largest absolute Gasteiger partial charge is 0.380 e. The van der Waals surface area contributed by atoms with Crippen LogP contribution in [0, 0.1) is 0 Å². The molecule has 0 aliphatic rings. The van der Waals surface area contributed by atoms with E-state index in [4.69, 9.17) is 4.74 Å². The zero-order valence-corrected chi connectivity index (χ0v) is 9.38. The Bertz CT molecular complexity index is 585. The van der Waals surface area contributed by atoms with E-state index in [1.54, 1.807) is 19.3 Å². The first-order chi connectivity index (χ1) is 8.27. The topological polar surface area (TPSA) is 72.8 Å². The summed E-state index contributed by atoms with van der Waals surface area (Å²) < 4.78 is 6.32. The molecule has 1 N–H and O–H groups in total. The maximum Gasteiger partial charge on any atom is 0.365 e. The van der Waals surface area contributed by atoms with Crippen LogP contribution in [0.5, 0.6) is 0 Å². The smallest absolute Gasteiger partial charge is 0.365 e. The highest BCUT2D eigenvalue weighted by Crippen LogP contribution is 2.19. The molecule has 0 aliphatic carbocycles. The van der Waals surface area contributed by atoms with Gasteiger partial charge >= 0.3 is 5.69 Å². The number of nitrogens with zero attached hydrogens (tertiary/aromatic N) is 3. The molecule has 1 aromatic carbocycles. The molecule has 0 bridgehead atoms. The van der Waals surface area contributed by atoms with Crippen molar-refractivity contribution in [1.29, 1.82) is 0 Å². The number of hydrogen-bond acceptors (Lipinski definition) is 4. The molecular weight excluding hydrogens is 220 g/mol. The lowest BCUT2D eigenvalue weighted by atomic mass is 10.1. The fourth-order valence-electron chi connectivity index (χ4n) is 1.64. The van der Waals surface area contributed by atoms with Crippen molar-refractivity contribution in [3.05, 3.63) is 46.4 Å². The first kappa shape index (κ1) is 11.3. The summed E-state index contributed by atoms with van der Waals surface area (Å²) >= 11 is 0. The van der Waals surface area contributed by atoms with Gasteiger partial charge in [0.25, 0.3) is 0 Å². The Kier molecular flexibility index (Phi) is 3.15. The first-order valence-electron chi connectivity index (χ1n) is 5.02. The molecule has 1 heterocycles. The van der Waals surface area contributed by atoms with Crippen LogP contribution in [-0.4, -0.2) is 27.3 Å². The van der Waals surface area contributed by atoms with E-state index in [-0.39, 0.29) is 5.69 Å². The van der Waals surface area contributed by atoms with E-state index in [0.29, 0.717) is 12.3 Å². The summed E-state index contributed by atoms with van der Waals surface area (Å²) in [5, 5.41) is 9.43. The third-order valence-electron chi connectivity index (χ3n) is 2.40. The van der Waals surface area contributed by atoms with Gasteiger partial charge in [-0.05, 0) is 22.1 Å². The molecule has 0 fully saturated rings. The summed E-state index contributed by atoms with van der Waals surface area (Å²) in [6.45, 7) is 4.10. The van der Waals surface area contributed by atoms with Gasteiger partial charge in [0.2, 0.25) is 0 Å². The molecule has 0 saturated carbocycles. The zero-order chi connectivity index (χ0) is 12.3. The molecule has 2 rings (SSSR count). The van der Waals surface area contributed by atoms with Crippen LogP contribution in [-0.2, 0) is 11.3 Å². The average molecular weight is 232 g/mol. The second-order valence-electron chi connectivity index (χ2n) is 3.40.